The van der Waals surface area contributed by atoms with E-state index in [9.17, 15) is 9.59 Å². The summed E-state index contributed by atoms with van der Waals surface area (Å²) in [5.41, 5.74) is 0.371. The molecular weight excluding hydrogens is 258 g/mol. The Bertz CT molecular complexity index is 631. The quantitative estimate of drug-likeness (QED) is 0.676. The fourth-order valence-corrected chi connectivity index (χ4v) is 1.90. The van der Waals surface area contributed by atoms with Gasteiger partial charge in [-0.05, 0) is 32.1 Å². The topological polar surface area (TPSA) is 80.4 Å². The number of aromatic nitrogens is 3. The van der Waals surface area contributed by atoms with Crippen molar-refractivity contribution in [3.05, 3.63) is 34.9 Å². The second kappa shape index (κ2) is 6.85. The average molecular weight is 277 g/mol. The highest BCUT2D eigenvalue weighted by Gasteiger charge is 2.07. The Labute approximate surface area is 116 Å². The first-order chi connectivity index (χ1) is 9.72. The van der Waals surface area contributed by atoms with E-state index < -0.39 is 0 Å². The second-order valence-electron chi connectivity index (χ2n) is 4.49. The normalized spacial score (nSPS) is 10.8. The molecule has 2 aromatic heterocycles. The van der Waals surface area contributed by atoms with Gasteiger partial charge in [0.2, 0.25) is 5.91 Å². The van der Waals surface area contributed by atoms with Gasteiger partial charge in [0.15, 0.2) is 5.65 Å². The zero-order chi connectivity index (χ0) is 14.4. The molecule has 2 heterocycles. The number of aryl methyl sites for hydroxylation is 1. The lowest BCUT2D eigenvalue weighted by Gasteiger charge is -2.04. The molecule has 1 amide bonds. The van der Waals surface area contributed by atoms with Crippen molar-refractivity contribution in [3.63, 3.8) is 0 Å². The Balaban J connectivity index is 1.88. The highest BCUT2D eigenvalue weighted by molar-refractivity contribution is 5.75. The molecule has 0 atom stereocenters. The number of amides is 1. The highest BCUT2D eigenvalue weighted by atomic mass is 16.2. The Morgan fingerprint density at radius 1 is 1.35 bits per heavy atom. The number of hydrogen-bond acceptors (Lipinski definition) is 4. The Morgan fingerprint density at radius 2 is 2.20 bits per heavy atom. The first-order valence-corrected chi connectivity index (χ1v) is 6.68. The van der Waals surface area contributed by atoms with Crippen molar-refractivity contribution in [2.24, 2.45) is 0 Å². The lowest BCUT2D eigenvalue weighted by atomic mass is 10.3. The molecule has 2 aromatic rings. The number of nitrogens with zero attached hydrogens (tertiary/aromatic N) is 3. The van der Waals surface area contributed by atoms with Crippen LogP contribution in [0.4, 0.5) is 0 Å². The SMILES string of the molecule is CNCCCNC(=O)CCn1nc2ccccn2c1=O. The molecule has 0 aliphatic carbocycles. The summed E-state index contributed by atoms with van der Waals surface area (Å²) in [4.78, 5) is 23.6. The molecule has 2 rings (SSSR count). The van der Waals surface area contributed by atoms with Gasteiger partial charge in [-0.2, -0.15) is 0 Å². The van der Waals surface area contributed by atoms with Crippen LogP contribution in [-0.4, -0.2) is 40.2 Å². The predicted octanol–water partition coefficient (Wildman–Crippen LogP) is -0.388. The first kappa shape index (κ1) is 14.3. The molecular formula is C13H19N5O2. The summed E-state index contributed by atoms with van der Waals surface area (Å²) in [6, 6.07) is 5.35. The molecule has 0 aliphatic rings. The lowest BCUT2D eigenvalue weighted by Crippen LogP contribution is -2.29. The molecule has 0 saturated carbocycles. The molecule has 2 N–H and O–H groups in total. The third-order valence-corrected chi connectivity index (χ3v) is 2.96. The summed E-state index contributed by atoms with van der Waals surface area (Å²) >= 11 is 0. The van der Waals surface area contributed by atoms with E-state index in [1.807, 2.05) is 13.1 Å². The molecule has 0 radical (unpaired) electrons. The average Bonchev–Trinajstić information content (AvgIpc) is 2.78. The zero-order valence-electron chi connectivity index (χ0n) is 11.5. The van der Waals surface area contributed by atoms with E-state index in [0.717, 1.165) is 13.0 Å². The van der Waals surface area contributed by atoms with E-state index in [1.54, 1.807) is 18.3 Å². The maximum Gasteiger partial charge on any atom is 0.350 e. The van der Waals surface area contributed by atoms with Crippen molar-refractivity contribution in [2.75, 3.05) is 20.1 Å². The van der Waals surface area contributed by atoms with Gasteiger partial charge >= 0.3 is 5.69 Å². The van der Waals surface area contributed by atoms with Crippen LogP contribution < -0.4 is 16.3 Å². The number of hydrogen-bond donors (Lipinski definition) is 2. The molecule has 0 unspecified atom stereocenters. The van der Waals surface area contributed by atoms with Crippen LogP contribution in [0.5, 0.6) is 0 Å². The fraction of sp³-hybridized carbons (Fsp3) is 0.462. The lowest BCUT2D eigenvalue weighted by molar-refractivity contribution is -0.121. The minimum atomic E-state index is -0.219. The van der Waals surface area contributed by atoms with Crippen LogP contribution in [0.25, 0.3) is 5.65 Å². The molecule has 0 saturated heterocycles. The standard InChI is InChI=1S/C13H19N5O2/c1-14-7-4-8-15-12(19)6-10-18-13(20)17-9-3-2-5-11(17)16-18/h2-3,5,9,14H,4,6-8,10H2,1H3,(H,15,19). The second-order valence-corrected chi connectivity index (χ2v) is 4.49. The molecule has 20 heavy (non-hydrogen) atoms. The molecule has 0 aliphatic heterocycles. The van der Waals surface area contributed by atoms with E-state index in [4.69, 9.17) is 0 Å². The van der Waals surface area contributed by atoms with Crippen LogP contribution in [0.3, 0.4) is 0 Å². The first-order valence-electron chi connectivity index (χ1n) is 6.68. The third-order valence-electron chi connectivity index (χ3n) is 2.96. The summed E-state index contributed by atoms with van der Waals surface area (Å²) in [5, 5.41) is 10.00. The zero-order valence-corrected chi connectivity index (χ0v) is 11.5. The minimum absolute atomic E-state index is 0.0648. The van der Waals surface area contributed by atoms with Gasteiger partial charge in [-0.15, -0.1) is 5.10 Å². The molecule has 108 valence electrons. The number of carbonyl (C=O) groups is 1. The van der Waals surface area contributed by atoms with E-state index in [2.05, 4.69) is 15.7 Å². The van der Waals surface area contributed by atoms with Gasteiger partial charge in [-0.1, -0.05) is 6.07 Å². The Kier molecular flexibility index (Phi) is 4.89. The summed E-state index contributed by atoms with van der Waals surface area (Å²) in [7, 11) is 1.87. The van der Waals surface area contributed by atoms with Crippen LogP contribution in [0.1, 0.15) is 12.8 Å². The van der Waals surface area contributed by atoms with Crippen molar-refractivity contribution >= 4 is 11.6 Å². The molecule has 7 heteroatoms. The molecule has 0 aromatic carbocycles. The van der Waals surface area contributed by atoms with Gasteiger partial charge in [-0.3, -0.25) is 9.20 Å². The number of nitrogens with one attached hydrogen (secondary N) is 2. The van der Waals surface area contributed by atoms with Crippen LogP contribution in [0.2, 0.25) is 0 Å². The highest BCUT2D eigenvalue weighted by Crippen LogP contribution is 1.95. The van der Waals surface area contributed by atoms with Crippen molar-refractivity contribution in [1.29, 1.82) is 0 Å². The predicted molar refractivity (Wildman–Crippen MR) is 75.6 cm³/mol. The van der Waals surface area contributed by atoms with Crippen molar-refractivity contribution < 1.29 is 4.79 Å². The van der Waals surface area contributed by atoms with Crippen LogP contribution in [0.15, 0.2) is 29.2 Å². The smallest absolute Gasteiger partial charge is 0.350 e. The van der Waals surface area contributed by atoms with E-state index >= 15 is 0 Å². The summed E-state index contributed by atoms with van der Waals surface area (Å²) in [6.45, 7) is 1.80. The Hall–Kier alpha value is -2.15. The Morgan fingerprint density at radius 3 is 2.95 bits per heavy atom. The van der Waals surface area contributed by atoms with Gasteiger partial charge in [0.25, 0.3) is 0 Å². The monoisotopic (exact) mass is 277 g/mol. The van der Waals surface area contributed by atoms with Gasteiger partial charge in [-0.25, -0.2) is 9.48 Å². The number of rotatable bonds is 7. The van der Waals surface area contributed by atoms with E-state index in [0.29, 0.717) is 18.7 Å². The number of fused-ring (bicyclic) bond motifs is 1. The number of pyridine rings is 1. The number of carbonyl (C=O) groups excluding carboxylic acids is 1. The molecule has 0 bridgehead atoms. The van der Waals surface area contributed by atoms with Crippen molar-refractivity contribution in [1.82, 2.24) is 24.8 Å². The largest absolute Gasteiger partial charge is 0.356 e. The van der Waals surface area contributed by atoms with Gasteiger partial charge < -0.3 is 10.6 Å². The molecule has 0 spiro atoms. The molecule has 0 fully saturated rings. The molecule has 7 nitrogen and oxygen atoms in total. The van der Waals surface area contributed by atoms with Crippen LogP contribution in [0, 0.1) is 0 Å². The van der Waals surface area contributed by atoms with Gasteiger partial charge in [0, 0.05) is 19.2 Å². The summed E-state index contributed by atoms with van der Waals surface area (Å²) < 4.78 is 2.79. The van der Waals surface area contributed by atoms with E-state index in [1.165, 1.54) is 9.08 Å². The summed E-state index contributed by atoms with van der Waals surface area (Å²) in [6.07, 6.45) is 2.80. The van der Waals surface area contributed by atoms with Crippen LogP contribution >= 0.6 is 0 Å². The minimum Gasteiger partial charge on any atom is -0.356 e. The maximum atomic E-state index is 12.0. The van der Waals surface area contributed by atoms with Crippen molar-refractivity contribution in [3.8, 4) is 0 Å². The van der Waals surface area contributed by atoms with Gasteiger partial charge in [0.1, 0.15) is 0 Å². The summed E-state index contributed by atoms with van der Waals surface area (Å²) in [5.74, 6) is -0.0648. The maximum absolute atomic E-state index is 12.0. The fourth-order valence-electron chi connectivity index (χ4n) is 1.90. The third kappa shape index (κ3) is 3.45. The van der Waals surface area contributed by atoms with Crippen molar-refractivity contribution in [2.45, 2.75) is 19.4 Å². The van der Waals surface area contributed by atoms with Crippen LogP contribution in [-0.2, 0) is 11.3 Å². The van der Waals surface area contributed by atoms with Gasteiger partial charge in [0.05, 0.1) is 6.54 Å². The van der Waals surface area contributed by atoms with E-state index in [-0.39, 0.29) is 18.0 Å².